The van der Waals surface area contributed by atoms with Gasteiger partial charge in [0.05, 0.1) is 11.6 Å². The van der Waals surface area contributed by atoms with Crippen LogP contribution in [0.4, 0.5) is 0 Å². The Bertz CT molecular complexity index is 452. The maximum absolute atomic E-state index is 11.6. The zero-order chi connectivity index (χ0) is 14.5. The van der Waals surface area contributed by atoms with Gasteiger partial charge in [0.2, 0.25) is 0 Å². The predicted molar refractivity (Wildman–Crippen MR) is 81.0 cm³/mol. The fourth-order valence-corrected chi connectivity index (χ4v) is 3.04. The highest BCUT2D eigenvalue weighted by Crippen LogP contribution is 2.31. The molecule has 0 radical (unpaired) electrons. The summed E-state index contributed by atoms with van der Waals surface area (Å²) in [4.78, 5) is 12.5. The first kappa shape index (κ1) is 16.6. The van der Waals surface area contributed by atoms with Gasteiger partial charge in [-0.3, -0.25) is 4.79 Å². The molecule has 3 nitrogen and oxygen atoms in total. The van der Waals surface area contributed by atoms with Crippen molar-refractivity contribution in [2.75, 3.05) is 12.4 Å². The molecule has 0 aromatic heterocycles. The molecule has 1 rings (SSSR count). The SMILES string of the molecule is CCOC(=O)C(C)(N)CCSc1cc(Cl)ccc1Cl. The van der Waals surface area contributed by atoms with Gasteiger partial charge < -0.3 is 10.5 Å². The number of esters is 1. The van der Waals surface area contributed by atoms with Crippen LogP contribution in [0.2, 0.25) is 10.0 Å². The topological polar surface area (TPSA) is 52.3 Å². The Morgan fingerprint density at radius 2 is 2.16 bits per heavy atom. The highest BCUT2D eigenvalue weighted by molar-refractivity contribution is 7.99. The minimum absolute atomic E-state index is 0.332. The van der Waals surface area contributed by atoms with E-state index in [0.717, 1.165) is 4.90 Å². The van der Waals surface area contributed by atoms with Gasteiger partial charge in [0, 0.05) is 15.7 Å². The standard InChI is InChI=1S/C13H17Cl2NO2S/c1-3-18-12(17)13(2,16)6-7-19-11-8-9(14)4-5-10(11)15/h4-5,8H,3,6-7,16H2,1-2H3. The molecule has 0 bridgehead atoms. The van der Waals surface area contributed by atoms with Gasteiger partial charge in [-0.15, -0.1) is 11.8 Å². The van der Waals surface area contributed by atoms with Crippen molar-refractivity contribution in [1.29, 1.82) is 0 Å². The van der Waals surface area contributed by atoms with Crippen LogP contribution in [0.15, 0.2) is 23.1 Å². The lowest BCUT2D eigenvalue weighted by molar-refractivity contribution is -0.149. The first-order valence-electron chi connectivity index (χ1n) is 5.91. The van der Waals surface area contributed by atoms with E-state index in [1.165, 1.54) is 11.8 Å². The lowest BCUT2D eigenvalue weighted by Gasteiger charge is -2.21. The summed E-state index contributed by atoms with van der Waals surface area (Å²) in [6, 6.07) is 5.28. The molecule has 1 unspecified atom stereocenters. The van der Waals surface area contributed by atoms with E-state index in [-0.39, 0.29) is 5.97 Å². The Balaban J connectivity index is 2.54. The summed E-state index contributed by atoms with van der Waals surface area (Å²) in [6.45, 7) is 3.76. The number of rotatable bonds is 6. The second kappa shape index (κ2) is 7.39. The molecule has 19 heavy (non-hydrogen) atoms. The molecular formula is C13H17Cl2NO2S. The molecule has 0 saturated heterocycles. The quantitative estimate of drug-likeness (QED) is 0.640. The number of ether oxygens (including phenoxy) is 1. The molecule has 0 spiro atoms. The smallest absolute Gasteiger partial charge is 0.325 e. The number of carbonyl (C=O) groups excluding carboxylic acids is 1. The molecule has 0 fully saturated rings. The van der Waals surface area contributed by atoms with Crippen molar-refractivity contribution >= 4 is 40.9 Å². The van der Waals surface area contributed by atoms with Crippen LogP contribution in [0.1, 0.15) is 20.3 Å². The van der Waals surface area contributed by atoms with Crippen molar-refractivity contribution in [3.8, 4) is 0 Å². The van der Waals surface area contributed by atoms with Crippen molar-refractivity contribution in [1.82, 2.24) is 0 Å². The van der Waals surface area contributed by atoms with Crippen molar-refractivity contribution in [2.24, 2.45) is 5.73 Å². The molecule has 0 saturated carbocycles. The van der Waals surface area contributed by atoms with Crippen LogP contribution in [0.5, 0.6) is 0 Å². The largest absolute Gasteiger partial charge is 0.465 e. The number of thioether (sulfide) groups is 1. The third kappa shape index (κ3) is 5.22. The number of halogens is 2. The molecule has 2 N–H and O–H groups in total. The second-order valence-electron chi connectivity index (χ2n) is 4.31. The van der Waals surface area contributed by atoms with Crippen LogP contribution < -0.4 is 5.73 Å². The van der Waals surface area contributed by atoms with E-state index in [1.54, 1.807) is 32.0 Å². The third-order valence-corrected chi connectivity index (χ3v) is 4.25. The van der Waals surface area contributed by atoms with Crippen LogP contribution >= 0.6 is 35.0 Å². The van der Waals surface area contributed by atoms with E-state index >= 15 is 0 Å². The molecule has 0 aliphatic carbocycles. The summed E-state index contributed by atoms with van der Waals surface area (Å²) in [7, 11) is 0. The van der Waals surface area contributed by atoms with Gasteiger partial charge in [0.15, 0.2) is 0 Å². The van der Waals surface area contributed by atoms with Crippen LogP contribution in [-0.2, 0) is 9.53 Å². The molecule has 1 atom stereocenters. The zero-order valence-electron chi connectivity index (χ0n) is 10.9. The molecule has 1 aromatic rings. The summed E-state index contributed by atoms with van der Waals surface area (Å²) in [5.41, 5.74) is 4.95. The maximum Gasteiger partial charge on any atom is 0.325 e. The Morgan fingerprint density at radius 1 is 1.47 bits per heavy atom. The average Bonchev–Trinajstić information content (AvgIpc) is 2.33. The molecule has 0 aliphatic rings. The fraction of sp³-hybridized carbons (Fsp3) is 0.462. The average molecular weight is 322 g/mol. The maximum atomic E-state index is 11.6. The monoisotopic (exact) mass is 321 g/mol. The summed E-state index contributed by atoms with van der Waals surface area (Å²) in [6.07, 6.45) is 0.499. The van der Waals surface area contributed by atoms with E-state index < -0.39 is 5.54 Å². The van der Waals surface area contributed by atoms with Crippen molar-refractivity contribution in [3.05, 3.63) is 28.2 Å². The minimum Gasteiger partial charge on any atom is -0.465 e. The van der Waals surface area contributed by atoms with Crippen LogP contribution in [-0.4, -0.2) is 23.9 Å². The summed E-state index contributed by atoms with van der Waals surface area (Å²) in [5, 5.41) is 1.28. The fourth-order valence-electron chi connectivity index (χ4n) is 1.36. The molecular weight excluding hydrogens is 305 g/mol. The first-order valence-corrected chi connectivity index (χ1v) is 7.65. The molecule has 0 heterocycles. The van der Waals surface area contributed by atoms with Gasteiger partial charge >= 0.3 is 5.97 Å². The lowest BCUT2D eigenvalue weighted by atomic mass is 10.0. The second-order valence-corrected chi connectivity index (χ2v) is 6.29. The highest BCUT2D eigenvalue weighted by Gasteiger charge is 2.29. The number of nitrogens with two attached hydrogens (primary N) is 1. The highest BCUT2D eigenvalue weighted by atomic mass is 35.5. The summed E-state index contributed by atoms with van der Waals surface area (Å²) < 4.78 is 4.93. The molecule has 1 aromatic carbocycles. The molecule has 6 heteroatoms. The number of benzene rings is 1. The van der Waals surface area contributed by atoms with Gasteiger partial charge in [-0.05, 0) is 38.5 Å². The van der Waals surface area contributed by atoms with Gasteiger partial charge in [-0.25, -0.2) is 0 Å². The van der Waals surface area contributed by atoms with E-state index in [1.807, 2.05) is 0 Å². The van der Waals surface area contributed by atoms with Crippen LogP contribution in [0, 0.1) is 0 Å². The Kier molecular flexibility index (Phi) is 6.47. The van der Waals surface area contributed by atoms with Crippen molar-refractivity contribution in [3.63, 3.8) is 0 Å². The van der Waals surface area contributed by atoms with E-state index in [2.05, 4.69) is 0 Å². The molecule has 0 aliphatic heterocycles. The Labute approximate surface area is 127 Å². The van der Waals surface area contributed by atoms with Crippen LogP contribution in [0.25, 0.3) is 0 Å². The third-order valence-electron chi connectivity index (χ3n) is 2.51. The normalized spacial score (nSPS) is 13.9. The summed E-state index contributed by atoms with van der Waals surface area (Å²) in [5.74, 6) is 0.277. The Morgan fingerprint density at radius 3 is 2.79 bits per heavy atom. The van der Waals surface area contributed by atoms with E-state index in [4.69, 9.17) is 33.7 Å². The number of hydrogen-bond acceptors (Lipinski definition) is 4. The summed E-state index contributed by atoms with van der Waals surface area (Å²) >= 11 is 13.5. The lowest BCUT2D eigenvalue weighted by Crippen LogP contribution is -2.46. The van der Waals surface area contributed by atoms with E-state index in [0.29, 0.717) is 28.8 Å². The van der Waals surface area contributed by atoms with E-state index in [9.17, 15) is 4.79 Å². The van der Waals surface area contributed by atoms with Gasteiger partial charge in [0.1, 0.15) is 5.54 Å². The number of hydrogen-bond donors (Lipinski definition) is 1. The van der Waals surface area contributed by atoms with Gasteiger partial charge in [-0.1, -0.05) is 23.2 Å². The zero-order valence-corrected chi connectivity index (χ0v) is 13.2. The van der Waals surface area contributed by atoms with Gasteiger partial charge in [0.25, 0.3) is 0 Å². The van der Waals surface area contributed by atoms with Crippen LogP contribution in [0.3, 0.4) is 0 Å². The molecule has 0 amide bonds. The van der Waals surface area contributed by atoms with Crippen molar-refractivity contribution in [2.45, 2.75) is 30.7 Å². The number of carbonyl (C=O) groups is 1. The predicted octanol–water partition coefficient (Wildman–Crippen LogP) is 3.76. The Hall–Kier alpha value is -0.420. The van der Waals surface area contributed by atoms with Crippen molar-refractivity contribution < 1.29 is 9.53 Å². The van der Waals surface area contributed by atoms with Gasteiger partial charge in [-0.2, -0.15) is 0 Å². The molecule has 106 valence electrons. The minimum atomic E-state index is -0.978. The first-order chi connectivity index (χ1) is 8.86.